The van der Waals surface area contributed by atoms with Gasteiger partial charge in [0.15, 0.2) is 0 Å². The predicted octanol–water partition coefficient (Wildman–Crippen LogP) is 4.97. The van der Waals surface area contributed by atoms with Gasteiger partial charge in [-0.2, -0.15) is 0 Å². The molecule has 2 nitrogen and oxygen atoms in total. The second kappa shape index (κ2) is 6.49. The molecule has 0 radical (unpaired) electrons. The van der Waals surface area contributed by atoms with Gasteiger partial charge in [-0.1, -0.05) is 23.7 Å². The van der Waals surface area contributed by atoms with E-state index in [9.17, 15) is 5.11 Å². The third-order valence-corrected chi connectivity index (χ3v) is 3.55. The van der Waals surface area contributed by atoms with E-state index in [1.807, 2.05) is 24.3 Å². The summed E-state index contributed by atoms with van der Waals surface area (Å²) in [6.07, 6.45) is 0.506. The number of halogens is 2. The minimum atomic E-state index is -0.916. The molecule has 0 amide bonds. The smallest absolute Gasteiger partial charge is 0.127 e. The Hall–Kier alpha value is -1.22. The van der Waals surface area contributed by atoms with Gasteiger partial charge in [0, 0.05) is 10.9 Å². The molecule has 0 aromatic heterocycles. The Balaban J connectivity index is 2.10. The van der Waals surface area contributed by atoms with Crippen LogP contribution in [0, 0.1) is 0 Å². The first kappa shape index (κ1) is 15.2. The van der Waals surface area contributed by atoms with Gasteiger partial charge in [-0.05, 0) is 55.3 Å². The van der Waals surface area contributed by atoms with Crippen molar-refractivity contribution < 1.29 is 9.84 Å². The van der Waals surface area contributed by atoms with Gasteiger partial charge in [0.25, 0.3) is 0 Å². The van der Waals surface area contributed by atoms with E-state index in [0.29, 0.717) is 23.1 Å². The first-order chi connectivity index (χ1) is 9.51. The number of ether oxygens (including phenoxy) is 1. The Morgan fingerprint density at radius 3 is 2.00 bits per heavy atom. The van der Waals surface area contributed by atoms with E-state index in [4.69, 9.17) is 27.9 Å². The summed E-state index contributed by atoms with van der Waals surface area (Å²) < 4.78 is 5.69. The van der Waals surface area contributed by atoms with E-state index in [0.717, 1.165) is 11.3 Å². The van der Waals surface area contributed by atoms with E-state index in [1.54, 1.807) is 31.2 Å². The fourth-order valence-corrected chi connectivity index (χ4v) is 2.34. The van der Waals surface area contributed by atoms with Crippen LogP contribution in [0.3, 0.4) is 0 Å². The van der Waals surface area contributed by atoms with Crippen LogP contribution in [-0.2, 0) is 5.60 Å². The molecule has 0 saturated heterocycles. The van der Waals surface area contributed by atoms with Crippen molar-refractivity contribution in [1.82, 2.24) is 0 Å². The first-order valence-corrected chi connectivity index (χ1v) is 7.25. The van der Waals surface area contributed by atoms with Gasteiger partial charge in [-0.25, -0.2) is 0 Å². The zero-order valence-corrected chi connectivity index (χ0v) is 12.7. The van der Waals surface area contributed by atoms with Crippen molar-refractivity contribution in [2.24, 2.45) is 0 Å². The molecule has 1 N–H and O–H groups in total. The Morgan fingerprint density at radius 1 is 1.00 bits per heavy atom. The molecular weight excluding hydrogens is 295 g/mol. The molecule has 1 atom stereocenters. The summed E-state index contributed by atoms with van der Waals surface area (Å²) in [4.78, 5) is 0. The number of benzene rings is 2. The van der Waals surface area contributed by atoms with Crippen molar-refractivity contribution in [3.05, 3.63) is 59.1 Å². The number of hydrogen-bond acceptors (Lipinski definition) is 2. The lowest BCUT2D eigenvalue weighted by molar-refractivity contribution is 0.0540. The highest BCUT2D eigenvalue weighted by molar-refractivity contribution is 6.30. The maximum absolute atomic E-state index is 10.3. The average Bonchev–Trinajstić information content (AvgIpc) is 2.42. The van der Waals surface area contributed by atoms with E-state index >= 15 is 0 Å². The van der Waals surface area contributed by atoms with Crippen molar-refractivity contribution in [2.45, 2.75) is 18.9 Å². The second-order valence-electron chi connectivity index (χ2n) is 4.79. The van der Waals surface area contributed by atoms with Crippen LogP contribution in [0.5, 0.6) is 11.5 Å². The molecule has 0 bridgehead atoms. The fourth-order valence-electron chi connectivity index (χ4n) is 1.85. The Labute approximate surface area is 128 Å². The summed E-state index contributed by atoms with van der Waals surface area (Å²) in [7, 11) is 0. The third kappa shape index (κ3) is 3.89. The Morgan fingerprint density at radius 2 is 1.50 bits per heavy atom. The fraction of sp³-hybridized carbons (Fsp3) is 0.250. The van der Waals surface area contributed by atoms with Crippen LogP contribution in [0.2, 0.25) is 5.02 Å². The Kier molecular flexibility index (Phi) is 4.92. The SMILES string of the molecule is CC(O)(CCCl)c1ccc(Oc2ccc(Cl)cc2)cc1. The molecule has 2 rings (SSSR count). The molecular formula is C16H16Cl2O2. The van der Waals surface area contributed by atoms with Gasteiger partial charge in [0.2, 0.25) is 0 Å². The monoisotopic (exact) mass is 310 g/mol. The van der Waals surface area contributed by atoms with Crippen LogP contribution < -0.4 is 4.74 Å². The van der Waals surface area contributed by atoms with Crippen molar-refractivity contribution in [3.63, 3.8) is 0 Å². The standard InChI is InChI=1S/C16H16Cl2O2/c1-16(19,10-11-17)12-2-6-14(7-3-12)20-15-8-4-13(18)5-9-15/h2-9,19H,10-11H2,1H3. The molecule has 106 valence electrons. The summed E-state index contributed by atoms with van der Waals surface area (Å²) in [5, 5.41) is 10.9. The van der Waals surface area contributed by atoms with Gasteiger partial charge < -0.3 is 9.84 Å². The number of alkyl halides is 1. The van der Waals surface area contributed by atoms with E-state index < -0.39 is 5.60 Å². The van der Waals surface area contributed by atoms with Gasteiger partial charge in [-0.3, -0.25) is 0 Å². The van der Waals surface area contributed by atoms with Gasteiger partial charge in [0.05, 0.1) is 5.60 Å². The summed E-state index contributed by atoms with van der Waals surface area (Å²) in [6.45, 7) is 1.75. The van der Waals surface area contributed by atoms with E-state index in [-0.39, 0.29) is 0 Å². The molecule has 2 aromatic rings. The van der Waals surface area contributed by atoms with Crippen LogP contribution in [0.25, 0.3) is 0 Å². The lowest BCUT2D eigenvalue weighted by Gasteiger charge is -2.22. The lowest BCUT2D eigenvalue weighted by atomic mass is 9.93. The molecule has 0 spiro atoms. The quantitative estimate of drug-likeness (QED) is 0.790. The molecule has 2 aromatic carbocycles. The molecule has 1 unspecified atom stereocenters. The summed E-state index contributed by atoms with van der Waals surface area (Å²) in [5.74, 6) is 1.84. The maximum Gasteiger partial charge on any atom is 0.127 e. The second-order valence-corrected chi connectivity index (χ2v) is 5.61. The van der Waals surface area contributed by atoms with Crippen LogP contribution in [-0.4, -0.2) is 11.0 Å². The minimum absolute atomic E-state index is 0.413. The number of hydrogen-bond donors (Lipinski definition) is 1. The average molecular weight is 311 g/mol. The van der Waals surface area contributed by atoms with Crippen molar-refractivity contribution in [1.29, 1.82) is 0 Å². The highest BCUT2D eigenvalue weighted by Crippen LogP contribution is 2.28. The van der Waals surface area contributed by atoms with Crippen molar-refractivity contribution in [3.8, 4) is 11.5 Å². The molecule has 0 aliphatic heterocycles. The van der Waals surface area contributed by atoms with Crippen LogP contribution in [0.4, 0.5) is 0 Å². The normalized spacial score (nSPS) is 13.8. The highest BCUT2D eigenvalue weighted by Gasteiger charge is 2.21. The molecule has 0 aliphatic carbocycles. The van der Waals surface area contributed by atoms with Gasteiger partial charge in [-0.15, -0.1) is 11.6 Å². The molecule has 20 heavy (non-hydrogen) atoms. The van der Waals surface area contributed by atoms with Crippen molar-refractivity contribution >= 4 is 23.2 Å². The van der Waals surface area contributed by atoms with Crippen LogP contribution >= 0.6 is 23.2 Å². The van der Waals surface area contributed by atoms with E-state index in [2.05, 4.69) is 0 Å². The zero-order chi connectivity index (χ0) is 14.6. The molecule has 0 aliphatic rings. The largest absolute Gasteiger partial charge is 0.457 e. The molecule has 4 heteroatoms. The van der Waals surface area contributed by atoms with Crippen molar-refractivity contribution in [2.75, 3.05) is 5.88 Å². The summed E-state index contributed by atoms with van der Waals surface area (Å²) in [6, 6.07) is 14.5. The number of aliphatic hydroxyl groups is 1. The predicted molar refractivity (Wildman–Crippen MR) is 82.9 cm³/mol. The van der Waals surface area contributed by atoms with Gasteiger partial charge in [0.1, 0.15) is 11.5 Å². The zero-order valence-electron chi connectivity index (χ0n) is 11.1. The topological polar surface area (TPSA) is 29.5 Å². The first-order valence-electron chi connectivity index (χ1n) is 6.33. The van der Waals surface area contributed by atoms with Crippen LogP contribution in [0.15, 0.2) is 48.5 Å². The van der Waals surface area contributed by atoms with Gasteiger partial charge >= 0.3 is 0 Å². The highest BCUT2D eigenvalue weighted by atomic mass is 35.5. The van der Waals surface area contributed by atoms with E-state index in [1.165, 1.54) is 0 Å². The number of rotatable bonds is 5. The minimum Gasteiger partial charge on any atom is -0.457 e. The molecule has 0 saturated carbocycles. The molecule has 0 heterocycles. The summed E-state index contributed by atoms with van der Waals surface area (Å²) >= 11 is 11.5. The molecule has 0 fully saturated rings. The third-order valence-electron chi connectivity index (χ3n) is 3.11. The maximum atomic E-state index is 10.3. The van der Waals surface area contributed by atoms with Crippen LogP contribution in [0.1, 0.15) is 18.9 Å². The Bertz CT molecular complexity index is 548. The lowest BCUT2D eigenvalue weighted by Crippen LogP contribution is -2.21. The summed E-state index contributed by atoms with van der Waals surface area (Å²) in [5.41, 5.74) is -0.0952.